The Labute approximate surface area is 184 Å². The Bertz CT molecular complexity index is 1540. The zero-order chi connectivity index (χ0) is 22.0. The van der Waals surface area contributed by atoms with Crippen molar-refractivity contribution < 1.29 is 5.11 Å². The van der Waals surface area contributed by atoms with Gasteiger partial charge in [-0.25, -0.2) is 9.78 Å². The zero-order valence-corrected chi connectivity index (χ0v) is 18.3. The van der Waals surface area contributed by atoms with Gasteiger partial charge in [-0.2, -0.15) is 5.10 Å². The number of aliphatic hydroxyl groups is 1. The van der Waals surface area contributed by atoms with E-state index in [2.05, 4.69) is 33.3 Å². The number of benzene rings is 1. The van der Waals surface area contributed by atoms with Crippen molar-refractivity contribution in [2.45, 2.75) is 38.1 Å². The fraction of sp³-hybridized carbons (Fsp3) is 0.375. The molecule has 1 aliphatic rings. The number of aryl methyl sites for hydroxylation is 2. The van der Waals surface area contributed by atoms with E-state index in [1.807, 2.05) is 29.5 Å². The van der Waals surface area contributed by atoms with Crippen molar-refractivity contribution in [1.29, 1.82) is 0 Å². The first-order valence-electron chi connectivity index (χ1n) is 11.2. The van der Waals surface area contributed by atoms with Crippen LogP contribution >= 0.6 is 0 Å². The van der Waals surface area contributed by atoms with E-state index in [1.54, 1.807) is 10.8 Å². The van der Waals surface area contributed by atoms with Crippen molar-refractivity contribution in [3.8, 4) is 11.1 Å². The van der Waals surface area contributed by atoms with Gasteiger partial charge in [0.25, 0.3) is 0 Å². The minimum Gasteiger partial charge on any atom is -0.396 e. The highest BCUT2D eigenvalue weighted by atomic mass is 16.3. The van der Waals surface area contributed by atoms with Gasteiger partial charge < -0.3 is 10.1 Å². The minimum absolute atomic E-state index is 0.0137. The highest BCUT2D eigenvalue weighted by Crippen LogP contribution is 2.39. The molecular formula is C24H26N6O2. The van der Waals surface area contributed by atoms with Crippen LogP contribution in [0.15, 0.2) is 35.4 Å². The number of imidazole rings is 1. The van der Waals surface area contributed by atoms with Crippen LogP contribution in [0.25, 0.3) is 44.1 Å². The SMILES string of the molecule is Cn1ncc2cc(-c3c(CCO)[nH]c4ncc5c(c34)n(C3CCCC3)c(=O)n5C)ccc21. The molecule has 1 aromatic carbocycles. The first kappa shape index (κ1) is 19.3. The average Bonchev–Trinajstić information content (AvgIpc) is 3.56. The molecule has 164 valence electrons. The second-order valence-electron chi connectivity index (χ2n) is 8.86. The standard InChI is InChI=1S/C24H26N6O2/c1-28-19-13-25-23-21(22(19)30(24(28)32)16-5-3-4-6-16)20(17(27-23)9-10-31)14-7-8-18-15(11-14)12-26-29(18)2/h7-8,11-13,16,31H,3-6,9-10H2,1-2H3,(H,25,27). The Hall–Kier alpha value is -3.39. The van der Waals surface area contributed by atoms with Gasteiger partial charge in [-0.1, -0.05) is 18.9 Å². The van der Waals surface area contributed by atoms with Crippen molar-refractivity contribution in [2.75, 3.05) is 6.61 Å². The van der Waals surface area contributed by atoms with E-state index < -0.39 is 0 Å². The summed E-state index contributed by atoms with van der Waals surface area (Å²) in [6.07, 6.45) is 8.48. The number of aromatic nitrogens is 6. The molecule has 0 spiro atoms. The monoisotopic (exact) mass is 430 g/mol. The molecule has 0 bridgehead atoms. The Balaban J connectivity index is 1.74. The molecule has 5 aromatic rings. The third kappa shape index (κ3) is 2.62. The molecular weight excluding hydrogens is 404 g/mol. The highest BCUT2D eigenvalue weighted by molar-refractivity contribution is 6.11. The molecule has 32 heavy (non-hydrogen) atoms. The summed E-state index contributed by atoms with van der Waals surface area (Å²) in [7, 11) is 3.76. The van der Waals surface area contributed by atoms with Gasteiger partial charge in [0, 0.05) is 49.8 Å². The van der Waals surface area contributed by atoms with Crippen molar-refractivity contribution in [1.82, 2.24) is 28.9 Å². The van der Waals surface area contributed by atoms with Gasteiger partial charge in [-0.15, -0.1) is 0 Å². The fourth-order valence-electron chi connectivity index (χ4n) is 5.47. The summed E-state index contributed by atoms with van der Waals surface area (Å²) in [5, 5.41) is 16.2. The molecule has 1 saturated carbocycles. The number of aliphatic hydroxyl groups excluding tert-OH is 1. The van der Waals surface area contributed by atoms with Crippen LogP contribution in [0, 0.1) is 0 Å². The van der Waals surface area contributed by atoms with Crippen molar-refractivity contribution in [2.24, 2.45) is 14.1 Å². The Morgan fingerprint density at radius 3 is 2.75 bits per heavy atom. The lowest BCUT2D eigenvalue weighted by molar-refractivity contribution is 0.298. The normalized spacial score (nSPS) is 15.1. The van der Waals surface area contributed by atoms with E-state index in [9.17, 15) is 9.90 Å². The first-order chi connectivity index (χ1) is 15.6. The highest BCUT2D eigenvalue weighted by Gasteiger charge is 2.27. The molecule has 0 aliphatic heterocycles. The molecule has 8 nitrogen and oxygen atoms in total. The van der Waals surface area contributed by atoms with Gasteiger partial charge in [0.15, 0.2) is 0 Å². The number of aromatic amines is 1. The number of rotatable bonds is 4. The maximum Gasteiger partial charge on any atom is 0.329 e. The number of nitrogens with zero attached hydrogens (tertiary/aromatic N) is 5. The summed E-state index contributed by atoms with van der Waals surface area (Å²) in [5.74, 6) is 0. The van der Waals surface area contributed by atoms with Crippen molar-refractivity contribution in [3.05, 3.63) is 46.8 Å². The molecule has 0 atom stereocenters. The maximum absolute atomic E-state index is 13.3. The molecule has 4 heterocycles. The van der Waals surface area contributed by atoms with E-state index >= 15 is 0 Å². The molecule has 6 rings (SSSR count). The molecule has 1 fully saturated rings. The molecule has 4 aromatic heterocycles. The first-order valence-corrected chi connectivity index (χ1v) is 11.2. The Morgan fingerprint density at radius 2 is 1.97 bits per heavy atom. The van der Waals surface area contributed by atoms with E-state index in [1.165, 1.54) is 0 Å². The summed E-state index contributed by atoms with van der Waals surface area (Å²) >= 11 is 0. The summed E-state index contributed by atoms with van der Waals surface area (Å²) in [5.41, 5.74) is 6.57. The smallest absolute Gasteiger partial charge is 0.329 e. The van der Waals surface area contributed by atoms with Crippen molar-refractivity contribution in [3.63, 3.8) is 0 Å². The molecule has 0 unspecified atom stereocenters. The molecule has 1 aliphatic carbocycles. The van der Waals surface area contributed by atoms with E-state index in [0.717, 1.165) is 75.5 Å². The number of H-pyrrole nitrogens is 1. The lowest BCUT2D eigenvalue weighted by Gasteiger charge is -2.13. The Morgan fingerprint density at radius 1 is 1.16 bits per heavy atom. The predicted molar refractivity (Wildman–Crippen MR) is 125 cm³/mol. The summed E-state index contributed by atoms with van der Waals surface area (Å²) in [6, 6.07) is 6.50. The minimum atomic E-state index is 0.0137. The number of hydrogen-bond donors (Lipinski definition) is 2. The van der Waals surface area contributed by atoms with Gasteiger partial charge in [0.05, 0.1) is 34.3 Å². The van der Waals surface area contributed by atoms with Crippen molar-refractivity contribution >= 4 is 33.0 Å². The summed E-state index contributed by atoms with van der Waals surface area (Å²) < 4.78 is 5.57. The lowest BCUT2D eigenvalue weighted by atomic mass is 9.99. The van der Waals surface area contributed by atoms with Gasteiger partial charge in [-0.05, 0) is 30.5 Å². The van der Waals surface area contributed by atoms with Crippen LogP contribution in [0.1, 0.15) is 37.4 Å². The Kier molecular flexibility index (Phi) is 4.26. The predicted octanol–water partition coefficient (Wildman–Crippen LogP) is 3.42. The largest absolute Gasteiger partial charge is 0.396 e. The maximum atomic E-state index is 13.3. The van der Waals surface area contributed by atoms with Gasteiger partial charge in [0.2, 0.25) is 0 Å². The molecule has 0 saturated heterocycles. The third-order valence-electron chi connectivity index (χ3n) is 7.04. The van der Waals surface area contributed by atoms with E-state index in [-0.39, 0.29) is 18.3 Å². The van der Waals surface area contributed by atoms with E-state index in [4.69, 9.17) is 0 Å². The molecule has 0 amide bonds. The van der Waals surface area contributed by atoms with Crippen LogP contribution in [0.5, 0.6) is 0 Å². The van der Waals surface area contributed by atoms with E-state index in [0.29, 0.717) is 6.42 Å². The van der Waals surface area contributed by atoms with Crippen LogP contribution in [0.3, 0.4) is 0 Å². The van der Waals surface area contributed by atoms with Gasteiger partial charge in [-0.3, -0.25) is 13.8 Å². The fourth-order valence-corrected chi connectivity index (χ4v) is 5.47. The van der Waals surface area contributed by atoms with Gasteiger partial charge >= 0.3 is 5.69 Å². The van der Waals surface area contributed by atoms with Crippen LogP contribution in [0.4, 0.5) is 0 Å². The summed E-state index contributed by atoms with van der Waals surface area (Å²) in [6.45, 7) is 0.0301. The quantitative estimate of drug-likeness (QED) is 0.457. The van der Waals surface area contributed by atoms with Crippen LogP contribution in [0.2, 0.25) is 0 Å². The number of hydrogen-bond acceptors (Lipinski definition) is 4. The van der Waals surface area contributed by atoms with Gasteiger partial charge in [0.1, 0.15) is 5.65 Å². The second kappa shape index (κ2) is 7.06. The second-order valence-corrected chi connectivity index (χ2v) is 8.86. The third-order valence-corrected chi connectivity index (χ3v) is 7.04. The number of nitrogens with one attached hydrogen (secondary N) is 1. The topological polar surface area (TPSA) is 93.7 Å². The molecule has 2 N–H and O–H groups in total. The van der Waals surface area contributed by atoms with Crippen LogP contribution < -0.4 is 5.69 Å². The number of pyridine rings is 1. The number of fused-ring (bicyclic) bond motifs is 4. The molecule has 8 heteroatoms. The van der Waals surface area contributed by atoms with Crippen LogP contribution in [-0.4, -0.2) is 40.6 Å². The summed E-state index contributed by atoms with van der Waals surface area (Å²) in [4.78, 5) is 21.4. The average molecular weight is 431 g/mol. The lowest BCUT2D eigenvalue weighted by Crippen LogP contribution is -2.24. The molecule has 0 radical (unpaired) electrons. The zero-order valence-electron chi connectivity index (χ0n) is 18.3. The van der Waals surface area contributed by atoms with Crippen LogP contribution in [-0.2, 0) is 20.5 Å².